The van der Waals surface area contributed by atoms with Crippen molar-refractivity contribution in [1.82, 2.24) is 0 Å². The van der Waals surface area contributed by atoms with E-state index >= 15 is 0 Å². The van der Waals surface area contributed by atoms with E-state index in [9.17, 15) is 10.2 Å². The van der Waals surface area contributed by atoms with Crippen molar-refractivity contribution in [3.63, 3.8) is 0 Å². The molecule has 0 amide bonds. The zero-order valence-corrected chi connectivity index (χ0v) is 27.4. The Bertz CT molecular complexity index is 1920. The predicted octanol–water partition coefficient (Wildman–Crippen LogP) is 9.30. The monoisotopic (exact) mass is 644 g/mol. The zero-order chi connectivity index (χ0) is 32.8. The van der Waals surface area contributed by atoms with E-state index in [1.165, 1.54) is 5.56 Å². The fourth-order valence-electron chi connectivity index (χ4n) is 6.94. The molecule has 2 N–H and O–H groups in total. The molecule has 0 aromatic heterocycles. The summed E-state index contributed by atoms with van der Waals surface area (Å²) < 4.78 is 7.79. The minimum atomic E-state index is -3.73. The predicted molar refractivity (Wildman–Crippen MR) is 200 cm³/mol. The molecule has 0 atom stereocenters. The molecule has 7 rings (SSSR count). The summed E-state index contributed by atoms with van der Waals surface area (Å²) >= 11 is 0. The van der Waals surface area contributed by atoms with E-state index in [1.54, 1.807) is 24.3 Å². The number of aromatic hydroxyl groups is 2. The second-order valence-electron chi connectivity index (χ2n) is 12.1. The molecule has 0 fully saturated rings. The average Bonchev–Trinajstić information content (AvgIpc) is 3.15. The number of hydrogen-bond donors (Lipinski definition) is 2. The van der Waals surface area contributed by atoms with Crippen molar-refractivity contribution in [3.05, 3.63) is 216 Å². The summed E-state index contributed by atoms with van der Waals surface area (Å²) in [6.07, 6.45) is 0.676. The normalized spacial score (nSPS) is 12.2. The maximum atomic E-state index is 10.0. The number of hydrogen-bond acceptors (Lipinski definition) is 3. The van der Waals surface area contributed by atoms with Crippen molar-refractivity contribution < 1.29 is 14.7 Å². The molecular formula is C44H37O3P. The van der Waals surface area contributed by atoms with Crippen LogP contribution in [0.1, 0.15) is 28.2 Å². The van der Waals surface area contributed by atoms with Crippen LogP contribution in [0.2, 0.25) is 0 Å². The molecule has 0 bridgehead atoms. The molecule has 0 aliphatic carbocycles. The summed E-state index contributed by atoms with van der Waals surface area (Å²) in [5.41, 5.74) is 4.34. The third-order valence-corrected chi connectivity index (χ3v) is 15.0. The first-order valence-corrected chi connectivity index (χ1v) is 18.5. The second kappa shape index (κ2) is 13.2. The van der Waals surface area contributed by atoms with Gasteiger partial charge in [-0.1, -0.05) is 0 Å². The van der Waals surface area contributed by atoms with Crippen LogP contribution in [-0.2, 0) is 6.16 Å². The summed E-state index contributed by atoms with van der Waals surface area (Å²) in [4.78, 5) is 0. The molecule has 0 radical (unpaired) electrons. The molecule has 0 unspecified atom stereocenters. The van der Waals surface area contributed by atoms with Gasteiger partial charge in [-0.2, -0.15) is 0 Å². The molecule has 0 aliphatic rings. The van der Waals surface area contributed by atoms with Gasteiger partial charge < -0.3 is 0 Å². The summed E-state index contributed by atoms with van der Waals surface area (Å²) in [7, 11) is 0. The quantitative estimate of drug-likeness (QED) is 0.115. The van der Waals surface area contributed by atoms with E-state index in [1.807, 2.05) is 24.3 Å². The number of phenols is 2. The Hall–Kier alpha value is -5.63. The van der Waals surface area contributed by atoms with Crippen LogP contribution in [0.3, 0.4) is 0 Å². The van der Waals surface area contributed by atoms with E-state index in [-0.39, 0.29) is 17.4 Å². The molecule has 0 saturated carbocycles. The maximum absolute atomic E-state index is 10.0. The zero-order valence-electron chi connectivity index (χ0n) is 26.5. The molecule has 3 nitrogen and oxygen atoms in total. The Balaban J connectivity index is 1.44. The molecule has 7 aromatic rings. The third kappa shape index (κ3) is 5.74. The Kier molecular flexibility index (Phi) is 8.55. The third-order valence-electron chi connectivity index (χ3n) is 9.21. The van der Waals surface area contributed by atoms with Crippen LogP contribution < -0.4 is 20.4 Å². The van der Waals surface area contributed by atoms with Crippen molar-refractivity contribution in [2.75, 3.05) is 0 Å². The van der Waals surface area contributed by atoms with E-state index in [0.717, 1.165) is 38.4 Å². The molecular weight excluding hydrogens is 607 g/mol. The molecule has 0 saturated heterocycles. The first kappa shape index (κ1) is 31.0. The van der Waals surface area contributed by atoms with Gasteiger partial charge in [0.1, 0.15) is 0 Å². The molecule has 236 valence electrons. The summed E-state index contributed by atoms with van der Waals surface area (Å²) in [6.45, 7) is -3.73. The van der Waals surface area contributed by atoms with Crippen LogP contribution in [0.15, 0.2) is 194 Å². The summed E-state index contributed by atoms with van der Waals surface area (Å²) in [6, 6.07) is 65.9. The van der Waals surface area contributed by atoms with Crippen molar-refractivity contribution in [2.24, 2.45) is 0 Å². The SMILES string of the molecule is Oc1ccc(C(c2ccc(O)cc2)c2ccc(OP(Cc3ccccc3)(c3ccccc3)(c3ccccc3)c3ccccc3)cc2)cc1. The van der Waals surface area contributed by atoms with Gasteiger partial charge in [-0.15, -0.1) is 0 Å². The van der Waals surface area contributed by atoms with Gasteiger partial charge in [0, 0.05) is 0 Å². The van der Waals surface area contributed by atoms with E-state index in [2.05, 4.69) is 146 Å². The van der Waals surface area contributed by atoms with Gasteiger partial charge >= 0.3 is 283 Å². The Morgan fingerprint density at radius 3 is 1.10 bits per heavy atom. The Labute approximate surface area is 282 Å². The van der Waals surface area contributed by atoms with Gasteiger partial charge in [0.15, 0.2) is 0 Å². The molecule has 0 heterocycles. The molecule has 48 heavy (non-hydrogen) atoms. The number of rotatable bonds is 10. The van der Waals surface area contributed by atoms with Gasteiger partial charge in [0.25, 0.3) is 0 Å². The first-order chi connectivity index (χ1) is 23.5. The topological polar surface area (TPSA) is 49.7 Å². The average molecular weight is 645 g/mol. The molecule has 0 spiro atoms. The van der Waals surface area contributed by atoms with Gasteiger partial charge in [-0.25, -0.2) is 0 Å². The summed E-state index contributed by atoms with van der Waals surface area (Å²) in [5, 5.41) is 23.5. The summed E-state index contributed by atoms with van der Waals surface area (Å²) in [5.74, 6) is 1.11. The van der Waals surface area contributed by atoms with Crippen LogP contribution in [-0.4, -0.2) is 10.2 Å². The van der Waals surface area contributed by atoms with Gasteiger partial charge in [-0.05, 0) is 0 Å². The second-order valence-corrected chi connectivity index (χ2v) is 16.6. The molecule has 0 aliphatic heterocycles. The van der Waals surface area contributed by atoms with Crippen molar-refractivity contribution >= 4 is 22.7 Å². The number of benzene rings is 7. The Morgan fingerprint density at radius 1 is 0.396 bits per heavy atom. The van der Waals surface area contributed by atoms with E-state index in [0.29, 0.717) is 6.16 Å². The minimum absolute atomic E-state index is 0.114. The van der Waals surface area contributed by atoms with Crippen LogP contribution in [0, 0.1) is 0 Å². The van der Waals surface area contributed by atoms with E-state index in [4.69, 9.17) is 4.52 Å². The van der Waals surface area contributed by atoms with Gasteiger partial charge in [0.05, 0.1) is 0 Å². The van der Waals surface area contributed by atoms with Crippen molar-refractivity contribution in [1.29, 1.82) is 0 Å². The number of phenolic OH excluding ortho intramolecular Hbond substituents is 2. The molecule has 4 heteroatoms. The van der Waals surface area contributed by atoms with Crippen molar-refractivity contribution in [2.45, 2.75) is 12.1 Å². The van der Waals surface area contributed by atoms with Crippen LogP contribution in [0.25, 0.3) is 0 Å². The fourth-order valence-corrected chi connectivity index (χ4v) is 12.7. The van der Waals surface area contributed by atoms with Crippen LogP contribution in [0.4, 0.5) is 0 Å². The van der Waals surface area contributed by atoms with Gasteiger partial charge in [-0.3, -0.25) is 0 Å². The first-order valence-electron chi connectivity index (χ1n) is 16.1. The van der Waals surface area contributed by atoms with Crippen LogP contribution in [0.5, 0.6) is 17.2 Å². The molecule has 7 aromatic carbocycles. The van der Waals surface area contributed by atoms with Gasteiger partial charge in [0.2, 0.25) is 0 Å². The van der Waals surface area contributed by atoms with Crippen molar-refractivity contribution in [3.8, 4) is 17.2 Å². The van der Waals surface area contributed by atoms with Crippen LogP contribution >= 0.6 is 6.83 Å². The standard InChI is InChI=1S/C44H37O3P/c45-38-27-21-35(22-28-38)44(36-23-29-39(46)30-24-36)37-25-31-40(32-26-37)47-48(41-15-7-2-8-16-41,42-17-9-3-10-18-42,43-19-11-4-12-20-43)33-34-13-5-1-6-14-34/h1-32,44-46H,33H2. The Morgan fingerprint density at radius 2 is 0.729 bits per heavy atom. The fraction of sp³-hybridized carbons (Fsp3) is 0.0455. The van der Waals surface area contributed by atoms with E-state index < -0.39 is 6.83 Å².